The fourth-order valence-electron chi connectivity index (χ4n) is 1.61. The maximum atomic E-state index is 12.9. The molecule has 0 aliphatic heterocycles. The molecule has 0 bridgehead atoms. The Morgan fingerprint density at radius 2 is 1.90 bits per heavy atom. The second-order valence-electron chi connectivity index (χ2n) is 3.80. The number of hydrogen-bond acceptors (Lipinski definition) is 4. The van der Waals surface area contributed by atoms with Crippen LogP contribution in [-0.4, -0.2) is 21.2 Å². The predicted octanol–water partition coefficient (Wildman–Crippen LogP) is 1.77. The molecular weight excluding hydrogens is 277 g/mol. The van der Waals surface area contributed by atoms with Crippen molar-refractivity contribution in [2.24, 2.45) is 0 Å². The van der Waals surface area contributed by atoms with Crippen molar-refractivity contribution in [3.05, 3.63) is 51.9 Å². The second kappa shape index (κ2) is 4.80. The first kappa shape index (κ1) is 13.8. The average molecular weight is 284 g/mol. The topological polar surface area (TPSA) is 72.2 Å². The summed E-state index contributed by atoms with van der Waals surface area (Å²) in [4.78, 5) is 22.3. The zero-order valence-electron chi connectivity index (χ0n) is 9.76. The van der Waals surface area contributed by atoms with Crippen molar-refractivity contribution in [3.63, 3.8) is 0 Å². The molecule has 104 valence electrons. The van der Waals surface area contributed by atoms with Crippen molar-refractivity contribution >= 4 is 6.29 Å². The van der Waals surface area contributed by atoms with Crippen LogP contribution in [0.4, 0.5) is 13.2 Å². The van der Waals surface area contributed by atoms with E-state index >= 15 is 0 Å². The molecule has 0 aliphatic carbocycles. The van der Waals surface area contributed by atoms with Crippen LogP contribution in [0.25, 0.3) is 5.69 Å². The van der Waals surface area contributed by atoms with E-state index in [4.69, 9.17) is 0 Å². The van der Waals surface area contributed by atoms with Gasteiger partial charge in [-0.1, -0.05) is 12.1 Å². The van der Waals surface area contributed by atoms with Crippen LogP contribution < -0.4 is 5.56 Å². The Morgan fingerprint density at radius 3 is 2.50 bits per heavy atom. The molecule has 1 heterocycles. The fraction of sp³-hybridized carbons (Fsp3) is 0.0833. The van der Waals surface area contributed by atoms with Crippen molar-refractivity contribution < 1.29 is 23.1 Å². The summed E-state index contributed by atoms with van der Waals surface area (Å²) in [5.41, 5.74) is -3.10. The smallest absolute Gasteiger partial charge is 0.418 e. The van der Waals surface area contributed by atoms with E-state index in [1.54, 1.807) is 0 Å². The minimum atomic E-state index is -4.68. The number of carbonyl (C=O) groups excluding carboxylic acids is 1. The lowest BCUT2D eigenvalue weighted by molar-refractivity contribution is -0.137. The largest absolute Gasteiger partial charge is 0.505 e. The van der Waals surface area contributed by atoms with E-state index in [2.05, 4.69) is 5.10 Å². The number of rotatable bonds is 2. The lowest BCUT2D eigenvalue weighted by Gasteiger charge is -2.13. The van der Waals surface area contributed by atoms with Gasteiger partial charge in [0.15, 0.2) is 17.7 Å². The Balaban J connectivity index is 2.76. The highest BCUT2D eigenvalue weighted by molar-refractivity contribution is 5.75. The van der Waals surface area contributed by atoms with Gasteiger partial charge in [0.1, 0.15) is 0 Å². The van der Waals surface area contributed by atoms with E-state index in [0.29, 0.717) is 10.7 Å². The number of aldehydes is 1. The number of aromatic nitrogens is 2. The number of aromatic hydroxyl groups is 1. The number of nitrogens with zero attached hydrogens (tertiary/aromatic N) is 2. The molecule has 0 unspecified atom stereocenters. The Labute approximate surface area is 109 Å². The van der Waals surface area contributed by atoms with Crippen molar-refractivity contribution in [3.8, 4) is 11.4 Å². The Hall–Kier alpha value is -2.64. The summed E-state index contributed by atoms with van der Waals surface area (Å²) in [5.74, 6) is -0.689. The molecule has 0 saturated heterocycles. The molecule has 2 rings (SSSR count). The van der Waals surface area contributed by atoms with Crippen molar-refractivity contribution in [2.75, 3.05) is 0 Å². The molecule has 0 amide bonds. The maximum absolute atomic E-state index is 12.9. The van der Waals surface area contributed by atoms with Crippen LogP contribution in [0.15, 0.2) is 35.1 Å². The number of alkyl halides is 3. The molecule has 0 spiro atoms. The molecule has 1 aromatic carbocycles. The van der Waals surface area contributed by atoms with Crippen LogP contribution in [0.5, 0.6) is 5.75 Å². The molecule has 5 nitrogen and oxygen atoms in total. The maximum Gasteiger partial charge on any atom is 0.418 e. The molecular formula is C12H7F3N2O3. The average Bonchev–Trinajstić information content (AvgIpc) is 2.38. The normalized spacial score (nSPS) is 11.3. The minimum absolute atomic E-state index is 0.140. The van der Waals surface area contributed by atoms with E-state index in [9.17, 15) is 27.9 Å². The van der Waals surface area contributed by atoms with Gasteiger partial charge in [0.2, 0.25) is 0 Å². The van der Waals surface area contributed by atoms with Gasteiger partial charge in [0.25, 0.3) is 5.56 Å². The molecule has 2 aromatic rings. The zero-order chi connectivity index (χ0) is 14.9. The van der Waals surface area contributed by atoms with Gasteiger partial charge in [-0.2, -0.15) is 23.0 Å². The predicted molar refractivity (Wildman–Crippen MR) is 61.9 cm³/mol. The van der Waals surface area contributed by atoms with Gasteiger partial charge >= 0.3 is 6.18 Å². The molecule has 0 aliphatic rings. The number of benzene rings is 1. The standard InChI is InChI=1S/C12H7F3N2O3/c13-12(14,15)7-3-1-2-4-9(7)17-11(20)5-10(19)8(6-18)16-17/h1-6,19H. The third kappa shape index (κ3) is 2.40. The van der Waals surface area contributed by atoms with Crippen LogP contribution in [-0.2, 0) is 6.18 Å². The second-order valence-corrected chi connectivity index (χ2v) is 3.80. The monoisotopic (exact) mass is 284 g/mol. The summed E-state index contributed by atoms with van der Waals surface area (Å²) in [5, 5.41) is 12.7. The van der Waals surface area contributed by atoms with Gasteiger partial charge < -0.3 is 5.11 Å². The van der Waals surface area contributed by atoms with Crippen molar-refractivity contribution in [2.45, 2.75) is 6.18 Å². The first-order valence-electron chi connectivity index (χ1n) is 5.29. The van der Waals surface area contributed by atoms with Gasteiger partial charge in [-0.3, -0.25) is 9.59 Å². The molecule has 8 heteroatoms. The number of halogens is 3. The zero-order valence-corrected chi connectivity index (χ0v) is 9.76. The molecule has 1 N–H and O–H groups in total. The van der Waals surface area contributed by atoms with E-state index in [1.807, 2.05) is 0 Å². The van der Waals surface area contributed by atoms with Gasteiger partial charge in [-0.25, -0.2) is 0 Å². The highest BCUT2D eigenvalue weighted by Gasteiger charge is 2.34. The number of hydrogen-bond donors (Lipinski definition) is 1. The Kier molecular flexibility index (Phi) is 3.31. The molecule has 0 saturated carbocycles. The summed E-state index contributed by atoms with van der Waals surface area (Å²) in [6.07, 6.45) is -4.54. The fourth-order valence-corrected chi connectivity index (χ4v) is 1.61. The molecule has 1 aromatic heterocycles. The van der Waals surface area contributed by atoms with Crippen LogP contribution in [0.3, 0.4) is 0 Å². The van der Waals surface area contributed by atoms with E-state index in [1.165, 1.54) is 12.1 Å². The highest BCUT2D eigenvalue weighted by atomic mass is 19.4. The first-order valence-corrected chi connectivity index (χ1v) is 5.29. The molecule has 0 fully saturated rings. The minimum Gasteiger partial charge on any atom is -0.505 e. The lowest BCUT2D eigenvalue weighted by atomic mass is 10.1. The molecule has 0 atom stereocenters. The van der Waals surface area contributed by atoms with E-state index < -0.39 is 34.4 Å². The van der Waals surface area contributed by atoms with Crippen molar-refractivity contribution in [1.82, 2.24) is 9.78 Å². The van der Waals surface area contributed by atoms with E-state index in [-0.39, 0.29) is 6.29 Å². The van der Waals surface area contributed by atoms with Gasteiger partial charge in [-0.05, 0) is 12.1 Å². The summed E-state index contributed by atoms with van der Waals surface area (Å²) in [6, 6.07) is 4.92. The van der Waals surface area contributed by atoms with Crippen LogP contribution in [0.2, 0.25) is 0 Å². The third-order valence-electron chi connectivity index (χ3n) is 2.49. The number of para-hydroxylation sites is 1. The van der Waals surface area contributed by atoms with Crippen molar-refractivity contribution in [1.29, 1.82) is 0 Å². The summed E-state index contributed by atoms with van der Waals surface area (Å²) < 4.78 is 39.0. The van der Waals surface area contributed by atoms with Gasteiger partial charge in [0.05, 0.1) is 11.3 Å². The third-order valence-corrected chi connectivity index (χ3v) is 2.49. The quantitative estimate of drug-likeness (QED) is 0.853. The van der Waals surface area contributed by atoms with Crippen LogP contribution in [0.1, 0.15) is 16.1 Å². The summed E-state index contributed by atoms with van der Waals surface area (Å²) >= 11 is 0. The van der Waals surface area contributed by atoms with E-state index in [0.717, 1.165) is 12.1 Å². The highest BCUT2D eigenvalue weighted by Crippen LogP contribution is 2.33. The Morgan fingerprint density at radius 1 is 1.25 bits per heavy atom. The van der Waals surface area contributed by atoms with Crippen LogP contribution >= 0.6 is 0 Å². The molecule has 20 heavy (non-hydrogen) atoms. The van der Waals surface area contributed by atoms with Gasteiger partial charge in [0, 0.05) is 6.07 Å². The SMILES string of the molecule is O=Cc1nn(-c2ccccc2C(F)(F)F)c(=O)cc1O. The van der Waals surface area contributed by atoms with Gasteiger partial charge in [-0.15, -0.1) is 0 Å². The summed E-state index contributed by atoms with van der Waals surface area (Å²) in [6.45, 7) is 0. The summed E-state index contributed by atoms with van der Waals surface area (Å²) in [7, 11) is 0. The first-order chi connectivity index (χ1) is 9.34. The lowest BCUT2D eigenvalue weighted by Crippen LogP contribution is -2.24. The Bertz CT molecular complexity index is 723. The molecule has 0 radical (unpaired) electrons. The number of carbonyl (C=O) groups is 1. The van der Waals surface area contributed by atoms with Crippen LogP contribution in [0, 0.1) is 0 Å².